The van der Waals surface area contributed by atoms with E-state index < -0.39 is 0 Å². The van der Waals surface area contributed by atoms with Crippen molar-refractivity contribution >= 4 is 11.9 Å². The highest BCUT2D eigenvalue weighted by Gasteiger charge is 2.18. The average molecular weight is 290 g/mol. The van der Waals surface area contributed by atoms with E-state index in [2.05, 4.69) is 34.0 Å². The number of piperidine rings is 1. The van der Waals surface area contributed by atoms with Gasteiger partial charge in [0.25, 0.3) is 5.91 Å². The van der Waals surface area contributed by atoms with Crippen LogP contribution in [0.5, 0.6) is 0 Å². The summed E-state index contributed by atoms with van der Waals surface area (Å²) in [5, 5.41) is 2.91. The lowest BCUT2D eigenvalue weighted by Crippen LogP contribution is -2.35. The maximum atomic E-state index is 11.9. The van der Waals surface area contributed by atoms with Crippen molar-refractivity contribution in [1.29, 1.82) is 0 Å². The maximum Gasteiger partial charge on any atom is 0.254 e. The Kier molecular flexibility index (Phi) is 5.96. The van der Waals surface area contributed by atoms with Crippen LogP contribution in [0.15, 0.2) is 12.4 Å². The van der Waals surface area contributed by atoms with Crippen LogP contribution in [-0.4, -0.2) is 35.5 Å². The standard InChI is InChI=1S/C16H26N4O/c1-3-4-5-8-17-15(21)14-10-18-16(19-11-14)20-9-6-7-13(2)12-20/h10-11,13H,3-9,12H2,1-2H3,(H,17,21). The number of aromatic nitrogens is 2. The van der Waals surface area contributed by atoms with E-state index in [-0.39, 0.29) is 5.91 Å². The van der Waals surface area contributed by atoms with E-state index >= 15 is 0 Å². The lowest BCUT2D eigenvalue weighted by atomic mass is 10.0. The smallest absolute Gasteiger partial charge is 0.254 e. The Hall–Kier alpha value is -1.65. The number of hydrogen-bond acceptors (Lipinski definition) is 4. The van der Waals surface area contributed by atoms with Gasteiger partial charge in [-0.15, -0.1) is 0 Å². The number of rotatable bonds is 6. The van der Waals surface area contributed by atoms with E-state index in [4.69, 9.17) is 0 Å². The van der Waals surface area contributed by atoms with Crippen LogP contribution in [-0.2, 0) is 0 Å². The SMILES string of the molecule is CCCCCNC(=O)c1cnc(N2CCCC(C)C2)nc1. The first-order valence-corrected chi connectivity index (χ1v) is 8.06. The third-order valence-corrected chi connectivity index (χ3v) is 3.91. The topological polar surface area (TPSA) is 58.1 Å². The highest BCUT2D eigenvalue weighted by atomic mass is 16.1. The molecule has 2 rings (SSSR count). The zero-order chi connectivity index (χ0) is 15.1. The maximum absolute atomic E-state index is 11.9. The molecule has 21 heavy (non-hydrogen) atoms. The molecular formula is C16H26N4O. The Balaban J connectivity index is 1.87. The third-order valence-electron chi connectivity index (χ3n) is 3.91. The minimum atomic E-state index is -0.0790. The molecule has 2 heterocycles. The van der Waals surface area contributed by atoms with Gasteiger partial charge in [0.15, 0.2) is 0 Å². The van der Waals surface area contributed by atoms with Crippen LogP contribution in [0.1, 0.15) is 56.3 Å². The molecule has 0 aromatic carbocycles. The fraction of sp³-hybridized carbons (Fsp3) is 0.688. The largest absolute Gasteiger partial charge is 0.352 e. The summed E-state index contributed by atoms with van der Waals surface area (Å²) in [5.74, 6) is 1.35. The number of carbonyl (C=O) groups is 1. The van der Waals surface area contributed by atoms with Crippen LogP contribution < -0.4 is 10.2 Å². The van der Waals surface area contributed by atoms with Gasteiger partial charge in [-0.05, 0) is 25.2 Å². The molecule has 1 saturated heterocycles. The number of hydrogen-bond donors (Lipinski definition) is 1. The number of unbranched alkanes of at least 4 members (excludes halogenated alkanes) is 2. The molecule has 1 aromatic rings. The molecule has 0 bridgehead atoms. The molecule has 5 heteroatoms. The molecule has 1 amide bonds. The van der Waals surface area contributed by atoms with Gasteiger partial charge in [0.2, 0.25) is 5.95 Å². The van der Waals surface area contributed by atoms with Crippen LogP contribution in [0.4, 0.5) is 5.95 Å². The summed E-state index contributed by atoms with van der Waals surface area (Å²) in [7, 11) is 0. The van der Waals surface area contributed by atoms with Crippen molar-refractivity contribution in [3.8, 4) is 0 Å². The summed E-state index contributed by atoms with van der Waals surface area (Å²) in [6, 6.07) is 0. The monoisotopic (exact) mass is 290 g/mol. The molecule has 1 unspecified atom stereocenters. The molecule has 0 radical (unpaired) electrons. The van der Waals surface area contributed by atoms with E-state index in [1.807, 2.05) is 0 Å². The second-order valence-corrected chi connectivity index (χ2v) is 5.93. The van der Waals surface area contributed by atoms with Gasteiger partial charge in [-0.3, -0.25) is 4.79 Å². The zero-order valence-electron chi connectivity index (χ0n) is 13.1. The third kappa shape index (κ3) is 4.69. The zero-order valence-corrected chi connectivity index (χ0v) is 13.1. The molecule has 0 spiro atoms. The second kappa shape index (κ2) is 7.96. The van der Waals surface area contributed by atoms with E-state index in [0.717, 1.165) is 44.8 Å². The predicted octanol–water partition coefficient (Wildman–Crippen LogP) is 2.63. The number of amides is 1. The highest BCUT2D eigenvalue weighted by Crippen LogP contribution is 2.19. The molecule has 1 fully saturated rings. The number of carbonyl (C=O) groups excluding carboxylic acids is 1. The van der Waals surface area contributed by atoms with Crippen LogP contribution in [0, 0.1) is 5.92 Å². The Labute approximate surface area is 127 Å². The normalized spacial score (nSPS) is 18.6. The molecule has 1 aromatic heterocycles. The Morgan fingerprint density at radius 2 is 2.14 bits per heavy atom. The summed E-state index contributed by atoms with van der Waals surface area (Å²) < 4.78 is 0. The minimum absolute atomic E-state index is 0.0790. The van der Waals surface area contributed by atoms with Gasteiger partial charge in [0.1, 0.15) is 0 Å². The lowest BCUT2D eigenvalue weighted by molar-refractivity contribution is 0.0952. The van der Waals surface area contributed by atoms with Crippen molar-refractivity contribution in [2.24, 2.45) is 5.92 Å². The van der Waals surface area contributed by atoms with Gasteiger partial charge in [0.05, 0.1) is 5.56 Å². The number of nitrogens with zero attached hydrogens (tertiary/aromatic N) is 3. The van der Waals surface area contributed by atoms with E-state index in [1.54, 1.807) is 12.4 Å². The summed E-state index contributed by atoms with van der Waals surface area (Å²) in [4.78, 5) is 22.9. The van der Waals surface area contributed by atoms with Crippen molar-refractivity contribution < 1.29 is 4.79 Å². The average Bonchev–Trinajstić information content (AvgIpc) is 2.51. The number of nitrogens with one attached hydrogen (secondary N) is 1. The van der Waals surface area contributed by atoms with E-state index in [9.17, 15) is 4.79 Å². The molecule has 1 aliphatic rings. The Morgan fingerprint density at radius 3 is 2.81 bits per heavy atom. The number of anilines is 1. The molecular weight excluding hydrogens is 264 g/mol. The Morgan fingerprint density at radius 1 is 1.38 bits per heavy atom. The fourth-order valence-electron chi connectivity index (χ4n) is 2.65. The van der Waals surface area contributed by atoms with Crippen LogP contribution in [0.3, 0.4) is 0 Å². The molecule has 1 atom stereocenters. The summed E-state index contributed by atoms with van der Waals surface area (Å²) in [5.41, 5.74) is 0.542. The van der Waals surface area contributed by atoms with Crippen molar-refractivity contribution in [3.63, 3.8) is 0 Å². The summed E-state index contributed by atoms with van der Waals surface area (Å²) in [6.07, 6.45) is 9.05. The predicted molar refractivity (Wildman–Crippen MR) is 84.5 cm³/mol. The van der Waals surface area contributed by atoms with Crippen molar-refractivity contribution in [1.82, 2.24) is 15.3 Å². The molecule has 5 nitrogen and oxygen atoms in total. The molecule has 0 aliphatic carbocycles. The Bertz CT molecular complexity index is 446. The van der Waals surface area contributed by atoms with Crippen molar-refractivity contribution in [2.75, 3.05) is 24.5 Å². The van der Waals surface area contributed by atoms with Gasteiger partial charge in [-0.1, -0.05) is 26.7 Å². The molecule has 0 saturated carbocycles. The van der Waals surface area contributed by atoms with Crippen LogP contribution in [0.2, 0.25) is 0 Å². The highest BCUT2D eigenvalue weighted by molar-refractivity contribution is 5.93. The van der Waals surface area contributed by atoms with Crippen LogP contribution in [0.25, 0.3) is 0 Å². The van der Waals surface area contributed by atoms with Crippen molar-refractivity contribution in [3.05, 3.63) is 18.0 Å². The molecule has 1 N–H and O–H groups in total. The van der Waals surface area contributed by atoms with Gasteiger partial charge in [-0.2, -0.15) is 0 Å². The minimum Gasteiger partial charge on any atom is -0.352 e. The first kappa shape index (κ1) is 15.7. The fourth-order valence-corrected chi connectivity index (χ4v) is 2.65. The van der Waals surface area contributed by atoms with Gasteiger partial charge in [-0.25, -0.2) is 9.97 Å². The van der Waals surface area contributed by atoms with E-state index in [0.29, 0.717) is 11.5 Å². The first-order chi connectivity index (χ1) is 10.2. The second-order valence-electron chi connectivity index (χ2n) is 5.93. The van der Waals surface area contributed by atoms with Gasteiger partial charge < -0.3 is 10.2 Å². The van der Waals surface area contributed by atoms with Crippen molar-refractivity contribution in [2.45, 2.75) is 46.0 Å². The van der Waals surface area contributed by atoms with Crippen LogP contribution >= 0.6 is 0 Å². The quantitative estimate of drug-likeness (QED) is 0.818. The molecule has 116 valence electrons. The molecule has 1 aliphatic heterocycles. The summed E-state index contributed by atoms with van der Waals surface area (Å²) >= 11 is 0. The first-order valence-electron chi connectivity index (χ1n) is 8.06. The summed E-state index contributed by atoms with van der Waals surface area (Å²) in [6.45, 7) is 7.13. The van der Waals surface area contributed by atoms with Gasteiger partial charge in [0, 0.05) is 32.0 Å². The van der Waals surface area contributed by atoms with Gasteiger partial charge >= 0.3 is 0 Å². The van der Waals surface area contributed by atoms with E-state index in [1.165, 1.54) is 12.8 Å². The lowest BCUT2D eigenvalue weighted by Gasteiger charge is -2.30.